The summed E-state index contributed by atoms with van der Waals surface area (Å²) in [6, 6.07) is 3.35. The van der Waals surface area contributed by atoms with E-state index in [9.17, 15) is 22.8 Å². The lowest BCUT2D eigenvalue weighted by atomic mass is 9.86. The predicted octanol–water partition coefficient (Wildman–Crippen LogP) is 2.99. The first-order valence-corrected chi connectivity index (χ1v) is 10.1. The Labute approximate surface area is 171 Å². The zero-order valence-electron chi connectivity index (χ0n) is 16.7. The van der Waals surface area contributed by atoms with Gasteiger partial charge in [-0.3, -0.25) is 19.9 Å². The van der Waals surface area contributed by atoms with Crippen LogP contribution in [0.1, 0.15) is 31.7 Å². The number of hydrogen-bond acceptors (Lipinski definition) is 4. The monoisotopic (exact) mass is 423 g/mol. The van der Waals surface area contributed by atoms with E-state index >= 15 is 0 Å². The highest BCUT2D eigenvalue weighted by Crippen LogP contribution is 2.30. The third-order valence-electron chi connectivity index (χ3n) is 5.94. The first kappa shape index (κ1) is 20.6. The average molecular weight is 423 g/mol. The molecule has 0 radical (unpaired) electrons. The minimum atomic E-state index is -4.17. The van der Waals surface area contributed by atoms with E-state index < -0.39 is 18.8 Å². The molecule has 7 nitrogen and oxygen atoms in total. The van der Waals surface area contributed by atoms with E-state index in [4.69, 9.17) is 0 Å². The fraction of sp³-hybridized carbons (Fsp3) is 0.550. The van der Waals surface area contributed by atoms with Crippen LogP contribution in [-0.2, 0) is 11.2 Å². The van der Waals surface area contributed by atoms with E-state index in [-0.39, 0.29) is 18.4 Å². The second-order valence-corrected chi connectivity index (χ2v) is 8.18. The molecule has 3 amide bonds. The standard InChI is InChI=1S/C20H24F3N5O2/c1-13-8-14(2-5-26(13)12-20(21,22)23)9-15-3-7-28-16(10-15)17(11-24-28)27-6-4-18(29)25-19(27)30/h3,7,10-11,13-14H,2,4-6,8-9,12H2,1H3,(H,25,29,30)/t13-,14+/m0/s1. The molecule has 2 aliphatic rings. The zero-order valence-corrected chi connectivity index (χ0v) is 16.7. The van der Waals surface area contributed by atoms with Crippen LogP contribution in [0.2, 0.25) is 0 Å². The summed E-state index contributed by atoms with van der Waals surface area (Å²) in [4.78, 5) is 26.6. The number of nitrogens with zero attached hydrogens (tertiary/aromatic N) is 4. The molecule has 2 fully saturated rings. The summed E-state index contributed by atoms with van der Waals surface area (Å²) in [5, 5.41) is 6.60. The summed E-state index contributed by atoms with van der Waals surface area (Å²) in [5.74, 6) is 0.00797. The number of fused-ring (bicyclic) bond motifs is 1. The number of carbonyl (C=O) groups excluding carboxylic acids is 2. The lowest BCUT2D eigenvalue weighted by molar-refractivity contribution is -0.154. The third-order valence-corrected chi connectivity index (χ3v) is 5.94. The van der Waals surface area contributed by atoms with Gasteiger partial charge in [0.25, 0.3) is 0 Å². The molecule has 2 saturated heterocycles. The number of piperidine rings is 1. The van der Waals surface area contributed by atoms with Crippen LogP contribution in [0.15, 0.2) is 24.5 Å². The van der Waals surface area contributed by atoms with E-state index in [0.29, 0.717) is 37.5 Å². The number of carbonyl (C=O) groups is 2. The molecular formula is C20H24F3N5O2. The van der Waals surface area contributed by atoms with Crippen molar-refractivity contribution in [1.29, 1.82) is 0 Å². The molecule has 162 valence electrons. The quantitative estimate of drug-likeness (QED) is 0.821. The summed E-state index contributed by atoms with van der Waals surface area (Å²) < 4.78 is 39.8. The van der Waals surface area contributed by atoms with Gasteiger partial charge in [-0.2, -0.15) is 18.3 Å². The average Bonchev–Trinajstić information content (AvgIpc) is 3.06. The van der Waals surface area contributed by atoms with Crippen LogP contribution in [0, 0.1) is 5.92 Å². The molecule has 4 heterocycles. The van der Waals surface area contributed by atoms with Crippen LogP contribution in [0.25, 0.3) is 5.52 Å². The summed E-state index contributed by atoms with van der Waals surface area (Å²) in [6.45, 7) is 1.73. The van der Waals surface area contributed by atoms with E-state index in [1.165, 1.54) is 9.80 Å². The molecule has 2 aromatic heterocycles. The van der Waals surface area contributed by atoms with Crippen molar-refractivity contribution in [2.75, 3.05) is 24.5 Å². The Hall–Kier alpha value is -2.62. The summed E-state index contributed by atoms with van der Waals surface area (Å²) in [6.07, 6.45) is 1.68. The SMILES string of the molecule is C[C@H]1C[C@H](Cc2ccn3ncc(N4CCC(=O)NC4=O)c3c2)CCN1CC(F)(F)F. The Morgan fingerprint density at radius 1 is 1.27 bits per heavy atom. The molecule has 0 aliphatic carbocycles. The van der Waals surface area contributed by atoms with Gasteiger partial charge in [-0.05, 0) is 56.3 Å². The van der Waals surface area contributed by atoms with E-state index in [1.54, 1.807) is 10.7 Å². The number of pyridine rings is 1. The maximum Gasteiger partial charge on any atom is 0.401 e. The van der Waals surface area contributed by atoms with E-state index in [2.05, 4.69) is 10.4 Å². The minimum Gasteiger partial charge on any atom is -0.292 e. The van der Waals surface area contributed by atoms with Gasteiger partial charge in [0.2, 0.25) is 5.91 Å². The highest BCUT2D eigenvalue weighted by Gasteiger charge is 2.35. The number of imide groups is 1. The van der Waals surface area contributed by atoms with Gasteiger partial charge >= 0.3 is 12.2 Å². The molecule has 2 aliphatic heterocycles. The number of amides is 3. The van der Waals surface area contributed by atoms with Crippen molar-refractivity contribution in [3.05, 3.63) is 30.1 Å². The highest BCUT2D eigenvalue weighted by molar-refractivity contribution is 6.07. The number of anilines is 1. The lowest BCUT2D eigenvalue weighted by Crippen LogP contribution is -2.49. The first-order chi connectivity index (χ1) is 14.2. The van der Waals surface area contributed by atoms with Gasteiger partial charge in [0.15, 0.2) is 0 Å². The van der Waals surface area contributed by atoms with Crippen LogP contribution >= 0.6 is 0 Å². The normalized spacial score (nSPS) is 23.8. The van der Waals surface area contributed by atoms with Crippen molar-refractivity contribution >= 4 is 23.1 Å². The summed E-state index contributed by atoms with van der Waals surface area (Å²) in [5.41, 5.74) is 2.45. The Morgan fingerprint density at radius 2 is 2.07 bits per heavy atom. The molecular weight excluding hydrogens is 399 g/mol. The second kappa shape index (κ2) is 7.90. The number of hydrogen-bond donors (Lipinski definition) is 1. The van der Waals surface area contributed by atoms with Gasteiger partial charge in [0, 0.05) is 25.2 Å². The molecule has 0 spiro atoms. The van der Waals surface area contributed by atoms with Crippen LogP contribution < -0.4 is 10.2 Å². The number of likely N-dealkylation sites (tertiary alicyclic amines) is 1. The van der Waals surface area contributed by atoms with Crippen LogP contribution in [-0.4, -0.2) is 58.3 Å². The molecule has 2 atom stereocenters. The molecule has 4 rings (SSSR count). The molecule has 10 heteroatoms. The Kier molecular flexibility index (Phi) is 5.44. The molecule has 0 unspecified atom stereocenters. The Bertz CT molecular complexity index is 958. The van der Waals surface area contributed by atoms with Gasteiger partial charge in [-0.15, -0.1) is 0 Å². The topological polar surface area (TPSA) is 70.0 Å². The molecule has 2 aromatic rings. The molecule has 30 heavy (non-hydrogen) atoms. The molecule has 0 aromatic carbocycles. The lowest BCUT2D eigenvalue weighted by Gasteiger charge is -2.38. The fourth-order valence-electron chi connectivity index (χ4n) is 4.44. The minimum absolute atomic E-state index is 0.116. The smallest absolute Gasteiger partial charge is 0.292 e. The van der Waals surface area contributed by atoms with Crippen molar-refractivity contribution in [2.45, 2.75) is 44.8 Å². The van der Waals surface area contributed by atoms with Gasteiger partial charge in [0.05, 0.1) is 23.9 Å². The number of aromatic nitrogens is 2. The number of halogens is 3. The summed E-state index contributed by atoms with van der Waals surface area (Å²) >= 11 is 0. The van der Waals surface area contributed by atoms with Crippen molar-refractivity contribution < 1.29 is 22.8 Å². The van der Waals surface area contributed by atoms with Crippen LogP contribution in [0.3, 0.4) is 0 Å². The van der Waals surface area contributed by atoms with Crippen molar-refractivity contribution in [2.24, 2.45) is 5.92 Å². The van der Waals surface area contributed by atoms with E-state index in [1.807, 2.05) is 25.3 Å². The van der Waals surface area contributed by atoms with Gasteiger partial charge in [-0.1, -0.05) is 0 Å². The van der Waals surface area contributed by atoms with E-state index in [0.717, 1.165) is 17.5 Å². The maximum atomic E-state index is 12.7. The van der Waals surface area contributed by atoms with Gasteiger partial charge in [0.1, 0.15) is 0 Å². The van der Waals surface area contributed by atoms with Crippen molar-refractivity contribution in [3.8, 4) is 0 Å². The maximum absolute atomic E-state index is 12.7. The number of nitrogens with one attached hydrogen (secondary N) is 1. The van der Waals surface area contributed by atoms with Crippen molar-refractivity contribution in [1.82, 2.24) is 19.8 Å². The Balaban J connectivity index is 1.47. The van der Waals surface area contributed by atoms with Gasteiger partial charge in [-0.25, -0.2) is 9.31 Å². The third kappa shape index (κ3) is 4.43. The first-order valence-electron chi connectivity index (χ1n) is 10.1. The summed E-state index contributed by atoms with van der Waals surface area (Å²) in [7, 11) is 0. The van der Waals surface area contributed by atoms with Crippen molar-refractivity contribution in [3.63, 3.8) is 0 Å². The fourth-order valence-corrected chi connectivity index (χ4v) is 4.44. The molecule has 1 N–H and O–H groups in total. The molecule has 0 bridgehead atoms. The predicted molar refractivity (Wildman–Crippen MR) is 104 cm³/mol. The van der Waals surface area contributed by atoms with Crippen LogP contribution in [0.5, 0.6) is 0 Å². The second-order valence-electron chi connectivity index (χ2n) is 8.18. The number of urea groups is 1. The zero-order chi connectivity index (χ0) is 21.5. The van der Waals surface area contributed by atoms with Crippen LogP contribution in [0.4, 0.5) is 23.7 Å². The molecule has 0 saturated carbocycles. The number of rotatable bonds is 4. The number of alkyl halides is 3. The Morgan fingerprint density at radius 3 is 2.77 bits per heavy atom. The van der Waals surface area contributed by atoms with Gasteiger partial charge < -0.3 is 0 Å². The largest absolute Gasteiger partial charge is 0.401 e. The highest BCUT2D eigenvalue weighted by atomic mass is 19.4.